The summed E-state index contributed by atoms with van der Waals surface area (Å²) < 4.78 is 0. The lowest BCUT2D eigenvalue weighted by Crippen LogP contribution is -2.42. The van der Waals surface area contributed by atoms with Crippen molar-refractivity contribution in [2.45, 2.75) is 25.3 Å². The van der Waals surface area contributed by atoms with E-state index in [1.54, 1.807) is 12.1 Å². The van der Waals surface area contributed by atoms with Crippen LogP contribution in [0.25, 0.3) is 10.8 Å². The Labute approximate surface area is 122 Å². The highest BCUT2D eigenvalue weighted by atomic mass is 16.4. The smallest absolute Gasteiger partial charge is 0.337 e. The van der Waals surface area contributed by atoms with Crippen molar-refractivity contribution >= 4 is 28.5 Å². The number of anilines is 1. The second-order valence-electron chi connectivity index (χ2n) is 5.28. The number of rotatable bonds is 3. The first-order chi connectivity index (χ1) is 10.1. The number of aromatic carboxylic acids is 1. The zero-order valence-electron chi connectivity index (χ0n) is 11.4. The van der Waals surface area contributed by atoms with E-state index in [4.69, 9.17) is 0 Å². The van der Waals surface area contributed by atoms with Crippen LogP contribution in [0.4, 0.5) is 10.5 Å². The van der Waals surface area contributed by atoms with Crippen LogP contribution in [0, 0.1) is 0 Å². The molecular weight excluding hydrogens is 268 g/mol. The van der Waals surface area contributed by atoms with Gasteiger partial charge >= 0.3 is 12.0 Å². The third-order valence-corrected chi connectivity index (χ3v) is 3.80. The lowest BCUT2D eigenvalue weighted by atomic mass is 9.93. The van der Waals surface area contributed by atoms with Crippen molar-refractivity contribution in [2.75, 3.05) is 5.32 Å². The molecule has 5 heteroatoms. The van der Waals surface area contributed by atoms with Crippen molar-refractivity contribution in [3.63, 3.8) is 0 Å². The topological polar surface area (TPSA) is 78.4 Å². The summed E-state index contributed by atoms with van der Waals surface area (Å²) in [4.78, 5) is 23.3. The molecule has 0 unspecified atom stereocenters. The van der Waals surface area contributed by atoms with Crippen molar-refractivity contribution in [1.29, 1.82) is 0 Å². The number of carbonyl (C=O) groups excluding carboxylic acids is 1. The number of carbonyl (C=O) groups is 2. The number of benzene rings is 2. The van der Waals surface area contributed by atoms with Gasteiger partial charge < -0.3 is 15.7 Å². The van der Waals surface area contributed by atoms with Crippen LogP contribution in [-0.4, -0.2) is 23.1 Å². The highest BCUT2D eigenvalue weighted by Crippen LogP contribution is 2.25. The van der Waals surface area contributed by atoms with Gasteiger partial charge in [-0.1, -0.05) is 24.3 Å². The maximum atomic E-state index is 11.9. The lowest BCUT2D eigenvalue weighted by molar-refractivity contribution is 0.0698. The van der Waals surface area contributed by atoms with Gasteiger partial charge in [-0.2, -0.15) is 0 Å². The van der Waals surface area contributed by atoms with E-state index in [0.29, 0.717) is 5.69 Å². The Hall–Kier alpha value is -2.56. The minimum atomic E-state index is -1.06. The summed E-state index contributed by atoms with van der Waals surface area (Å²) >= 11 is 0. The standard InChI is InChI=1S/C16H16N2O3/c19-15(20)13-8-10-4-1-2-5-11(10)9-14(13)18-16(21)17-12-6-3-7-12/h1-2,4-5,8-9,12H,3,6-7H2,(H,19,20)(H2,17,18,21). The Bertz CT molecular complexity index is 708. The Morgan fingerprint density at radius 3 is 2.33 bits per heavy atom. The third kappa shape index (κ3) is 2.81. The molecular formula is C16H16N2O3. The van der Waals surface area contributed by atoms with Gasteiger partial charge in [-0.3, -0.25) is 0 Å². The molecule has 21 heavy (non-hydrogen) atoms. The fraction of sp³-hybridized carbons (Fsp3) is 0.250. The zero-order chi connectivity index (χ0) is 14.8. The maximum absolute atomic E-state index is 11.9. The van der Waals surface area contributed by atoms with Crippen LogP contribution < -0.4 is 10.6 Å². The summed E-state index contributed by atoms with van der Waals surface area (Å²) in [6, 6.07) is 10.6. The van der Waals surface area contributed by atoms with Gasteiger partial charge in [-0.05, 0) is 42.2 Å². The van der Waals surface area contributed by atoms with Gasteiger partial charge in [0.05, 0.1) is 11.3 Å². The van der Waals surface area contributed by atoms with Crippen LogP contribution in [0.3, 0.4) is 0 Å². The van der Waals surface area contributed by atoms with Crippen LogP contribution in [-0.2, 0) is 0 Å². The summed E-state index contributed by atoms with van der Waals surface area (Å²) in [6.45, 7) is 0. The molecule has 1 aliphatic carbocycles. The van der Waals surface area contributed by atoms with Gasteiger partial charge in [0.25, 0.3) is 0 Å². The van der Waals surface area contributed by atoms with Crippen LogP contribution in [0.15, 0.2) is 36.4 Å². The molecule has 0 radical (unpaired) electrons. The number of hydrogen-bond donors (Lipinski definition) is 3. The third-order valence-electron chi connectivity index (χ3n) is 3.80. The summed E-state index contributed by atoms with van der Waals surface area (Å²) in [5, 5.41) is 16.5. The maximum Gasteiger partial charge on any atom is 0.337 e. The number of hydrogen-bond acceptors (Lipinski definition) is 2. The fourth-order valence-electron chi connectivity index (χ4n) is 2.42. The predicted octanol–water partition coefficient (Wildman–Crippen LogP) is 3.21. The molecule has 0 aromatic heterocycles. The Morgan fingerprint density at radius 2 is 1.76 bits per heavy atom. The van der Waals surface area contributed by atoms with E-state index < -0.39 is 5.97 Å². The number of urea groups is 1. The molecule has 1 saturated carbocycles. The highest BCUT2D eigenvalue weighted by molar-refractivity contribution is 6.04. The van der Waals surface area contributed by atoms with E-state index >= 15 is 0 Å². The monoisotopic (exact) mass is 284 g/mol. The normalized spacial score (nSPS) is 14.5. The SMILES string of the molecule is O=C(Nc1cc2ccccc2cc1C(=O)O)NC1CCC1. The van der Waals surface area contributed by atoms with Gasteiger partial charge in [-0.25, -0.2) is 9.59 Å². The molecule has 2 aromatic carbocycles. The van der Waals surface area contributed by atoms with E-state index in [1.807, 2.05) is 24.3 Å². The van der Waals surface area contributed by atoms with Crippen LogP contribution in [0.2, 0.25) is 0 Å². The average molecular weight is 284 g/mol. The van der Waals surface area contributed by atoms with Crippen LogP contribution >= 0.6 is 0 Å². The Kier molecular flexibility index (Phi) is 3.48. The Morgan fingerprint density at radius 1 is 1.10 bits per heavy atom. The number of amides is 2. The summed E-state index contributed by atoms with van der Waals surface area (Å²) in [7, 11) is 0. The van der Waals surface area contributed by atoms with Crippen molar-refractivity contribution in [3.05, 3.63) is 42.0 Å². The molecule has 1 fully saturated rings. The van der Waals surface area contributed by atoms with Crippen LogP contribution in [0.5, 0.6) is 0 Å². The molecule has 0 atom stereocenters. The van der Waals surface area contributed by atoms with E-state index in [2.05, 4.69) is 10.6 Å². The van der Waals surface area contributed by atoms with Crippen LogP contribution in [0.1, 0.15) is 29.6 Å². The van der Waals surface area contributed by atoms with E-state index in [1.165, 1.54) is 0 Å². The first kappa shape index (κ1) is 13.4. The molecule has 0 bridgehead atoms. The van der Waals surface area contributed by atoms with Crippen molar-refractivity contribution in [2.24, 2.45) is 0 Å². The summed E-state index contributed by atoms with van der Waals surface area (Å²) in [6.07, 6.45) is 3.09. The lowest BCUT2D eigenvalue weighted by Gasteiger charge is -2.26. The molecule has 3 N–H and O–H groups in total. The number of nitrogens with one attached hydrogen (secondary N) is 2. The molecule has 0 spiro atoms. The molecule has 0 heterocycles. The molecule has 1 aliphatic rings. The highest BCUT2D eigenvalue weighted by Gasteiger charge is 2.20. The Balaban J connectivity index is 1.89. The van der Waals surface area contributed by atoms with Gasteiger partial charge in [0, 0.05) is 6.04 Å². The molecule has 3 rings (SSSR count). The van der Waals surface area contributed by atoms with Gasteiger partial charge in [0.15, 0.2) is 0 Å². The van der Waals surface area contributed by atoms with E-state index in [0.717, 1.165) is 30.0 Å². The predicted molar refractivity (Wildman–Crippen MR) is 80.7 cm³/mol. The fourth-order valence-corrected chi connectivity index (χ4v) is 2.42. The number of fused-ring (bicyclic) bond motifs is 1. The largest absolute Gasteiger partial charge is 0.478 e. The molecule has 2 amide bonds. The van der Waals surface area contributed by atoms with Crippen molar-refractivity contribution < 1.29 is 14.7 Å². The first-order valence-corrected chi connectivity index (χ1v) is 6.97. The first-order valence-electron chi connectivity index (χ1n) is 6.97. The molecule has 0 saturated heterocycles. The second kappa shape index (κ2) is 5.44. The average Bonchev–Trinajstić information content (AvgIpc) is 2.42. The second-order valence-corrected chi connectivity index (χ2v) is 5.28. The van der Waals surface area contributed by atoms with E-state index in [-0.39, 0.29) is 17.6 Å². The quantitative estimate of drug-likeness (QED) is 0.809. The van der Waals surface area contributed by atoms with Gasteiger partial charge in [-0.15, -0.1) is 0 Å². The minimum Gasteiger partial charge on any atom is -0.478 e. The van der Waals surface area contributed by atoms with Crippen molar-refractivity contribution in [1.82, 2.24) is 5.32 Å². The minimum absolute atomic E-state index is 0.0949. The van der Waals surface area contributed by atoms with E-state index in [9.17, 15) is 14.7 Å². The summed E-state index contributed by atoms with van der Waals surface area (Å²) in [5.41, 5.74) is 0.412. The molecule has 2 aromatic rings. The van der Waals surface area contributed by atoms with Gasteiger partial charge in [0.1, 0.15) is 0 Å². The molecule has 5 nitrogen and oxygen atoms in total. The molecule has 0 aliphatic heterocycles. The molecule has 108 valence electrons. The summed E-state index contributed by atoms with van der Waals surface area (Å²) in [5.74, 6) is -1.06. The number of carboxylic acid groups (broad SMARTS) is 1. The zero-order valence-corrected chi connectivity index (χ0v) is 11.4. The van der Waals surface area contributed by atoms with Gasteiger partial charge in [0.2, 0.25) is 0 Å². The van der Waals surface area contributed by atoms with Crippen molar-refractivity contribution in [3.8, 4) is 0 Å². The number of carboxylic acids is 1.